The van der Waals surface area contributed by atoms with Gasteiger partial charge in [0, 0.05) is 34.5 Å². The van der Waals surface area contributed by atoms with Crippen molar-refractivity contribution in [1.29, 1.82) is 0 Å². The fourth-order valence-corrected chi connectivity index (χ4v) is 5.46. The Labute approximate surface area is 244 Å². The third-order valence-corrected chi connectivity index (χ3v) is 7.69. The Kier molecular flexibility index (Phi) is 6.09. The monoisotopic (exact) mass is 547 g/mol. The smallest absolute Gasteiger partial charge is 0.231 e. The largest absolute Gasteiger partial charge is 0.507 e. The van der Waals surface area contributed by atoms with Crippen molar-refractivity contribution >= 4 is 22.0 Å². The first-order valence-corrected chi connectivity index (χ1v) is 14.0. The van der Waals surface area contributed by atoms with Gasteiger partial charge in [-0.05, 0) is 76.7 Å². The lowest BCUT2D eigenvalue weighted by Gasteiger charge is -2.22. The van der Waals surface area contributed by atoms with Gasteiger partial charge in [0.1, 0.15) is 11.3 Å². The minimum atomic E-state index is -0.0660. The number of hydrogen-bond acceptors (Lipinski definition) is 5. The molecule has 5 heteroatoms. The molecule has 1 N–H and O–H groups in total. The van der Waals surface area contributed by atoms with Crippen molar-refractivity contribution in [1.82, 2.24) is 15.0 Å². The summed E-state index contributed by atoms with van der Waals surface area (Å²) >= 11 is 0. The molecule has 0 aliphatic carbocycles. The maximum absolute atomic E-state index is 10.4. The van der Waals surface area contributed by atoms with Crippen molar-refractivity contribution in [2.24, 2.45) is 0 Å². The molecule has 0 saturated heterocycles. The van der Waals surface area contributed by atoms with E-state index in [1.54, 1.807) is 18.2 Å². The van der Waals surface area contributed by atoms with Crippen molar-refractivity contribution < 1.29 is 9.52 Å². The third kappa shape index (κ3) is 4.49. The van der Waals surface area contributed by atoms with Gasteiger partial charge in [0.25, 0.3) is 0 Å². The Morgan fingerprint density at radius 2 is 1.38 bits per heavy atom. The Hall–Kier alpha value is -5.29. The highest BCUT2D eigenvalue weighted by Gasteiger charge is 2.20. The standard InChI is InChI=1S/C37H29N3O2/c1-37(2,3)25-21-29(34-30(22-25)27(17-19-39-34)31-14-6-7-18-38-31)24-11-8-10-23(20-24)26-13-9-16-33-35(26)40-36(42-33)28-12-4-5-15-32(28)41/h4-22,41H,1-3H3. The molecule has 7 aromatic rings. The second-order valence-corrected chi connectivity index (χ2v) is 11.5. The topological polar surface area (TPSA) is 72.0 Å². The van der Waals surface area contributed by atoms with Crippen molar-refractivity contribution in [2.75, 3.05) is 0 Å². The highest BCUT2D eigenvalue weighted by Crippen LogP contribution is 2.40. The molecule has 5 nitrogen and oxygen atoms in total. The molecule has 42 heavy (non-hydrogen) atoms. The molecule has 0 aliphatic heterocycles. The SMILES string of the molecule is CC(C)(C)c1cc(-c2cccc(-c3cccc4oc(-c5ccccc5O)nc34)c2)c2nccc(-c3ccccn3)c2c1. The third-order valence-electron chi connectivity index (χ3n) is 7.69. The number of phenolic OH excluding ortho intramolecular Hbond substituents is 1. The lowest BCUT2D eigenvalue weighted by atomic mass is 9.83. The minimum Gasteiger partial charge on any atom is -0.507 e. The Balaban J connectivity index is 1.42. The molecule has 0 amide bonds. The number of phenols is 1. The molecule has 3 heterocycles. The summed E-state index contributed by atoms with van der Waals surface area (Å²) in [6.45, 7) is 6.70. The normalized spacial score (nSPS) is 11.8. The number of pyridine rings is 2. The van der Waals surface area contributed by atoms with Gasteiger partial charge in [-0.25, -0.2) is 4.98 Å². The Bertz CT molecular complexity index is 2090. The molecule has 0 radical (unpaired) electrons. The zero-order valence-corrected chi connectivity index (χ0v) is 23.7. The fraction of sp³-hybridized carbons (Fsp3) is 0.108. The van der Waals surface area contributed by atoms with Crippen molar-refractivity contribution in [3.8, 4) is 50.7 Å². The van der Waals surface area contributed by atoms with Gasteiger partial charge in [-0.3, -0.25) is 9.97 Å². The number of oxazole rings is 1. The molecule has 0 saturated carbocycles. The van der Waals surface area contributed by atoms with Crippen LogP contribution in [0.4, 0.5) is 0 Å². The quantitative estimate of drug-likeness (QED) is 0.238. The lowest BCUT2D eigenvalue weighted by Crippen LogP contribution is -2.11. The van der Waals surface area contributed by atoms with Crippen LogP contribution in [0.15, 0.2) is 120 Å². The average Bonchev–Trinajstić information content (AvgIpc) is 3.45. The summed E-state index contributed by atoms with van der Waals surface area (Å²) in [6, 6.07) is 34.1. The van der Waals surface area contributed by atoms with Crippen LogP contribution in [0.1, 0.15) is 26.3 Å². The van der Waals surface area contributed by atoms with Crippen LogP contribution < -0.4 is 0 Å². The van der Waals surface area contributed by atoms with Crippen LogP contribution in [0.5, 0.6) is 5.75 Å². The van der Waals surface area contributed by atoms with E-state index in [9.17, 15) is 5.11 Å². The van der Waals surface area contributed by atoms with Gasteiger partial charge < -0.3 is 9.52 Å². The van der Waals surface area contributed by atoms with Crippen LogP contribution in [0, 0.1) is 0 Å². The summed E-state index contributed by atoms with van der Waals surface area (Å²) in [5, 5.41) is 11.5. The average molecular weight is 548 g/mol. The number of aromatic hydroxyl groups is 1. The zero-order valence-electron chi connectivity index (χ0n) is 23.7. The molecule has 3 aromatic heterocycles. The molecule has 0 unspecified atom stereocenters. The Morgan fingerprint density at radius 3 is 2.17 bits per heavy atom. The first kappa shape index (κ1) is 25.7. The van der Waals surface area contributed by atoms with E-state index >= 15 is 0 Å². The second-order valence-electron chi connectivity index (χ2n) is 11.5. The first-order chi connectivity index (χ1) is 20.4. The van der Waals surface area contributed by atoms with Crippen LogP contribution in [0.25, 0.3) is 67.0 Å². The molecular formula is C37H29N3O2. The summed E-state index contributed by atoms with van der Waals surface area (Å²) in [4.78, 5) is 14.3. The van der Waals surface area contributed by atoms with E-state index < -0.39 is 0 Å². The van der Waals surface area contributed by atoms with E-state index in [1.165, 1.54) is 5.56 Å². The summed E-state index contributed by atoms with van der Waals surface area (Å²) < 4.78 is 6.09. The summed E-state index contributed by atoms with van der Waals surface area (Å²) in [7, 11) is 0. The number of benzene rings is 4. The van der Waals surface area contributed by atoms with Gasteiger partial charge in [-0.15, -0.1) is 0 Å². The van der Waals surface area contributed by atoms with Gasteiger partial charge in [0.2, 0.25) is 5.89 Å². The molecule has 4 aromatic carbocycles. The first-order valence-electron chi connectivity index (χ1n) is 14.0. The second kappa shape index (κ2) is 9.96. The predicted octanol–water partition coefficient (Wildman–Crippen LogP) is 9.44. The molecule has 204 valence electrons. The number of fused-ring (bicyclic) bond motifs is 2. The molecule has 0 fully saturated rings. The highest BCUT2D eigenvalue weighted by molar-refractivity contribution is 6.03. The van der Waals surface area contributed by atoms with Gasteiger partial charge in [0.05, 0.1) is 16.8 Å². The summed E-state index contributed by atoms with van der Waals surface area (Å²) in [5.74, 6) is 0.526. The van der Waals surface area contributed by atoms with E-state index in [0.29, 0.717) is 17.0 Å². The van der Waals surface area contributed by atoms with Crippen LogP contribution in [0.3, 0.4) is 0 Å². The fourth-order valence-electron chi connectivity index (χ4n) is 5.46. The van der Waals surface area contributed by atoms with Crippen LogP contribution in [0.2, 0.25) is 0 Å². The number of para-hydroxylation sites is 2. The van der Waals surface area contributed by atoms with Gasteiger partial charge in [-0.2, -0.15) is 0 Å². The van der Waals surface area contributed by atoms with Crippen molar-refractivity contribution in [3.05, 3.63) is 121 Å². The maximum atomic E-state index is 10.4. The lowest BCUT2D eigenvalue weighted by molar-refractivity contribution is 0.474. The van der Waals surface area contributed by atoms with E-state index in [2.05, 4.69) is 68.2 Å². The van der Waals surface area contributed by atoms with Crippen LogP contribution in [-0.2, 0) is 5.41 Å². The molecule has 7 rings (SSSR count). The number of hydrogen-bond donors (Lipinski definition) is 1. The van der Waals surface area contributed by atoms with Gasteiger partial charge >= 0.3 is 0 Å². The molecule has 0 atom stereocenters. The molecule has 0 bridgehead atoms. The Morgan fingerprint density at radius 1 is 0.619 bits per heavy atom. The van der Waals surface area contributed by atoms with Gasteiger partial charge in [0.15, 0.2) is 5.58 Å². The number of nitrogens with zero attached hydrogens (tertiary/aromatic N) is 3. The van der Waals surface area contributed by atoms with Crippen molar-refractivity contribution in [2.45, 2.75) is 26.2 Å². The van der Waals surface area contributed by atoms with Crippen molar-refractivity contribution in [3.63, 3.8) is 0 Å². The van der Waals surface area contributed by atoms with Gasteiger partial charge in [-0.1, -0.05) is 69.3 Å². The summed E-state index contributed by atoms with van der Waals surface area (Å²) in [5.41, 5.74) is 10.2. The van der Waals surface area contributed by atoms with Crippen LogP contribution in [-0.4, -0.2) is 20.1 Å². The molecular weight excluding hydrogens is 518 g/mol. The highest BCUT2D eigenvalue weighted by atomic mass is 16.3. The summed E-state index contributed by atoms with van der Waals surface area (Å²) in [6.07, 6.45) is 3.70. The minimum absolute atomic E-state index is 0.0660. The van der Waals surface area contributed by atoms with E-state index in [4.69, 9.17) is 14.4 Å². The van der Waals surface area contributed by atoms with Crippen LogP contribution >= 0.6 is 0 Å². The molecule has 0 spiro atoms. The number of aromatic nitrogens is 3. The van der Waals surface area contributed by atoms with E-state index in [-0.39, 0.29) is 11.2 Å². The van der Waals surface area contributed by atoms with E-state index in [0.717, 1.165) is 49.9 Å². The number of rotatable bonds is 4. The predicted molar refractivity (Wildman–Crippen MR) is 169 cm³/mol. The van der Waals surface area contributed by atoms with E-state index in [1.807, 2.05) is 54.9 Å². The maximum Gasteiger partial charge on any atom is 0.231 e. The zero-order chi connectivity index (χ0) is 28.8. The molecule has 0 aliphatic rings.